The van der Waals surface area contributed by atoms with Gasteiger partial charge in [0.2, 0.25) is 5.91 Å². The van der Waals surface area contributed by atoms with E-state index >= 15 is 0 Å². The molecule has 1 aliphatic rings. The highest BCUT2D eigenvalue weighted by Crippen LogP contribution is 2.29. The van der Waals surface area contributed by atoms with Gasteiger partial charge in [0.1, 0.15) is 18.2 Å². The van der Waals surface area contributed by atoms with Gasteiger partial charge in [-0.3, -0.25) is 4.79 Å². The van der Waals surface area contributed by atoms with Gasteiger partial charge in [-0.15, -0.1) is 0 Å². The molecule has 6 heteroatoms. The summed E-state index contributed by atoms with van der Waals surface area (Å²) in [5.74, 6) is 1.47. The highest BCUT2D eigenvalue weighted by atomic mass is 35.5. The molecule has 1 amide bonds. The Morgan fingerprint density at radius 2 is 2.21 bits per heavy atom. The van der Waals surface area contributed by atoms with Gasteiger partial charge in [0.05, 0.1) is 5.92 Å². The van der Waals surface area contributed by atoms with E-state index in [9.17, 15) is 4.79 Å². The second-order valence-electron chi connectivity index (χ2n) is 6.10. The number of nitrogens with one attached hydrogen (secondary N) is 1. The number of pyridine rings is 1. The zero-order valence-corrected chi connectivity index (χ0v) is 14.5. The summed E-state index contributed by atoms with van der Waals surface area (Å²) in [6, 6.07) is 9.38. The molecule has 0 bridgehead atoms. The van der Waals surface area contributed by atoms with Gasteiger partial charge in [-0.05, 0) is 47.9 Å². The highest BCUT2D eigenvalue weighted by Gasteiger charge is 2.26. The number of amides is 1. The SMILES string of the molecule is CN(C)c1cc(CNC(=O)C2COc3ccc(Cl)cc3C2)ccn1. The van der Waals surface area contributed by atoms with Crippen LogP contribution in [0.3, 0.4) is 0 Å². The number of nitrogens with zero attached hydrogens (tertiary/aromatic N) is 2. The first kappa shape index (κ1) is 16.6. The normalized spacial score (nSPS) is 16.0. The number of benzene rings is 1. The minimum absolute atomic E-state index is 0.0103. The van der Waals surface area contributed by atoms with E-state index in [1.807, 2.05) is 43.3 Å². The number of fused-ring (bicyclic) bond motifs is 1. The lowest BCUT2D eigenvalue weighted by Gasteiger charge is -2.24. The largest absolute Gasteiger partial charge is 0.492 e. The lowest BCUT2D eigenvalue weighted by molar-refractivity contribution is -0.126. The van der Waals surface area contributed by atoms with E-state index in [1.165, 1.54) is 0 Å². The first-order valence-corrected chi connectivity index (χ1v) is 8.22. The molecule has 2 heterocycles. The van der Waals surface area contributed by atoms with Crippen molar-refractivity contribution in [2.24, 2.45) is 5.92 Å². The Hall–Kier alpha value is -2.27. The van der Waals surface area contributed by atoms with Crippen LogP contribution in [0.15, 0.2) is 36.5 Å². The molecule has 126 valence electrons. The van der Waals surface area contributed by atoms with Crippen LogP contribution < -0.4 is 15.0 Å². The molecule has 0 fully saturated rings. The zero-order chi connectivity index (χ0) is 17.1. The topological polar surface area (TPSA) is 54.5 Å². The fraction of sp³-hybridized carbons (Fsp3) is 0.333. The van der Waals surface area contributed by atoms with Crippen LogP contribution >= 0.6 is 11.6 Å². The predicted molar refractivity (Wildman–Crippen MR) is 94.6 cm³/mol. The van der Waals surface area contributed by atoms with E-state index in [-0.39, 0.29) is 11.8 Å². The van der Waals surface area contributed by atoms with Crippen LogP contribution in [-0.2, 0) is 17.8 Å². The van der Waals surface area contributed by atoms with Gasteiger partial charge in [0, 0.05) is 31.9 Å². The zero-order valence-electron chi connectivity index (χ0n) is 13.8. The van der Waals surface area contributed by atoms with Crippen LogP contribution in [-0.4, -0.2) is 31.6 Å². The average Bonchev–Trinajstić information content (AvgIpc) is 2.59. The van der Waals surface area contributed by atoms with Crippen LogP contribution in [0.5, 0.6) is 5.75 Å². The van der Waals surface area contributed by atoms with Gasteiger partial charge >= 0.3 is 0 Å². The second kappa shape index (κ2) is 7.09. The maximum absolute atomic E-state index is 12.4. The van der Waals surface area contributed by atoms with Crippen molar-refractivity contribution in [3.63, 3.8) is 0 Å². The van der Waals surface area contributed by atoms with Crippen LogP contribution in [0.1, 0.15) is 11.1 Å². The van der Waals surface area contributed by atoms with Crippen molar-refractivity contribution in [1.82, 2.24) is 10.3 Å². The summed E-state index contributed by atoms with van der Waals surface area (Å²) < 4.78 is 5.68. The van der Waals surface area contributed by atoms with Crippen molar-refractivity contribution in [1.29, 1.82) is 0 Å². The van der Waals surface area contributed by atoms with Crippen molar-refractivity contribution in [3.05, 3.63) is 52.7 Å². The number of aromatic nitrogens is 1. The molecule has 1 aromatic heterocycles. The molecule has 0 aliphatic carbocycles. The van der Waals surface area contributed by atoms with Gasteiger partial charge in [0.25, 0.3) is 0 Å². The van der Waals surface area contributed by atoms with Crippen molar-refractivity contribution in [2.75, 3.05) is 25.6 Å². The molecular formula is C18H20ClN3O2. The van der Waals surface area contributed by atoms with Gasteiger partial charge in [-0.2, -0.15) is 0 Å². The molecule has 24 heavy (non-hydrogen) atoms. The summed E-state index contributed by atoms with van der Waals surface area (Å²) in [6.07, 6.45) is 2.39. The molecule has 0 saturated heterocycles. The van der Waals surface area contributed by atoms with Gasteiger partial charge < -0.3 is 15.0 Å². The maximum Gasteiger partial charge on any atom is 0.227 e. The summed E-state index contributed by atoms with van der Waals surface area (Å²) >= 11 is 6.02. The van der Waals surface area contributed by atoms with Gasteiger partial charge in [-0.1, -0.05) is 11.6 Å². The lowest BCUT2D eigenvalue weighted by Crippen LogP contribution is -2.37. The van der Waals surface area contributed by atoms with Crippen LogP contribution in [0.2, 0.25) is 5.02 Å². The van der Waals surface area contributed by atoms with Crippen molar-refractivity contribution in [3.8, 4) is 5.75 Å². The van der Waals surface area contributed by atoms with Crippen LogP contribution in [0, 0.1) is 5.92 Å². The molecular weight excluding hydrogens is 326 g/mol. The summed E-state index contributed by atoms with van der Waals surface area (Å²) in [5, 5.41) is 3.64. The predicted octanol–water partition coefficient (Wildman–Crippen LogP) is 2.67. The molecule has 1 unspecified atom stereocenters. The summed E-state index contributed by atoms with van der Waals surface area (Å²) in [6.45, 7) is 0.862. The van der Waals surface area contributed by atoms with E-state index < -0.39 is 0 Å². The highest BCUT2D eigenvalue weighted by molar-refractivity contribution is 6.30. The van der Waals surface area contributed by atoms with Crippen molar-refractivity contribution < 1.29 is 9.53 Å². The number of hydrogen-bond donors (Lipinski definition) is 1. The van der Waals surface area contributed by atoms with E-state index in [0.29, 0.717) is 24.6 Å². The van der Waals surface area contributed by atoms with Crippen LogP contribution in [0.25, 0.3) is 0 Å². The molecule has 1 aliphatic heterocycles. The average molecular weight is 346 g/mol. The van der Waals surface area contributed by atoms with E-state index in [0.717, 1.165) is 22.7 Å². The Balaban J connectivity index is 1.61. The minimum atomic E-state index is -0.203. The van der Waals surface area contributed by atoms with E-state index in [2.05, 4.69) is 10.3 Å². The molecule has 5 nitrogen and oxygen atoms in total. The third kappa shape index (κ3) is 3.79. The summed E-state index contributed by atoms with van der Waals surface area (Å²) in [7, 11) is 3.87. The number of hydrogen-bond acceptors (Lipinski definition) is 4. The first-order valence-electron chi connectivity index (χ1n) is 7.84. The number of ether oxygens (including phenoxy) is 1. The number of halogens is 1. The number of carbonyl (C=O) groups excluding carboxylic acids is 1. The monoisotopic (exact) mass is 345 g/mol. The summed E-state index contributed by atoms with van der Waals surface area (Å²) in [4.78, 5) is 18.6. The fourth-order valence-electron chi connectivity index (χ4n) is 2.68. The Morgan fingerprint density at radius 3 is 3.00 bits per heavy atom. The number of rotatable bonds is 4. The van der Waals surface area contributed by atoms with E-state index in [4.69, 9.17) is 16.3 Å². The third-order valence-corrected chi connectivity index (χ3v) is 4.27. The third-order valence-electron chi connectivity index (χ3n) is 4.03. The molecule has 2 aromatic rings. The van der Waals surface area contributed by atoms with E-state index in [1.54, 1.807) is 12.3 Å². The van der Waals surface area contributed by atoms with Gasteiger partial charge in [0.15, 0.2) is 0 Å². The lowest BCUT2D eigenvalue weighted by atomic mass is 9.96. The molecule has 1 aromatic carbocycles. The summed E-state index contributed by atoms with van der Waals surface area (Å²) in [5.41, 5.74) is 2.00. The first-order chi connectivity index (χ1) is 11.5. The number of anilines is 1. The van der Waals surface area contributed by atoms with Crippen molar-refractivity contribution in [2.45, 2.75) is 13.0 Å². The second-order valence-corrected chi connectivity index (χ2v) is 6.54. The maximum atomic E-state index is 12.4. The Morgan fingerprint density at radius 1 is 1.38 bits per heavy atom. The molecule has 0 saturated carbocycles. The molecule has 3 rings (SSSR count). The van der Waals surface area contributed by atoms with Gasteiger partial charge in [-0.25, -0.2) is 4.98 Å². The quantitative estimate of drug-likeness (QED) is 0.925. The Kier molecular flexibility index (Phi) is 4.90. The number of carbonyl (C=O) groups is 1. The van der Waals surface area contributed by atoms with Crippen LogP contribution in [0.4, 0.5) is 5.82 Å². The fourth-order valence-corrected chi connectivity index (χ4v) is 2.87. The Bertz CT molecular complexity index is 749. The molecule has 0 radical (unpaired) electrons. The molecule has 1 N–H and O–H groups in total. The van der Waals surface area contributed by atoms with Crippen molar-refractivity contribution >= 4 is 23.3 Å². The standard InChI is InChI=1S/C18H20ClN3O2/c1-22(2)17-7-12(5-6-20-17)10-21-18(23)14-8-13-9-15(19)3-4-16(13)24-11-14/h3-7,9,14H,8,10-11H2,1-2H3,(H,21,23). The minimum Gasteiger partial charge on any atom is -0.492 e. The molecule has 1 atom stereocenters. The molecule has 0 spiro atoms. The Labute approximate surface area is 146 Å². The smallest absolute Gasteiger partial charge is 0.227 e.